The van der Waals surface area contributed by atoms with Gasteiger partial charge in [0.2, 0.25) is 0 Å². The molecule has 0 aromatic heterocycles. The van der Waals surface area contributed by atoms with E-state index in [1.165, 1.54) is 57.9 Å². The van der Waals surface area contributed by atoms with Crippen LogP contribution in [0.4, 0.5) is 0 Å². The maximum Gasteiger partial charge on any atom is 0.0254 e. The molecule has 19 heavy (non-hydrogen) atoms. The van der Waals surface area contributed by atoms with Gasteiger partial charge in [0, 0.05) is 18.1 Å². The van der Waals surface area contributed by atoms with Gasteiger partial charge in [-0.3, -0.25) is 4.90 Å². The van der Waals surface area contributed by atoms with Crippen molar-refractivity contribution in [2.75, 3.05) is 13.1 Å². The molecule has 2 rings (SSSR count). The van der Waals surface area contributed by atoms with E-state index in [1.807, 2.05) is 0 Å². The summed E-state index contributed by atoms with van der Waals surface area (Å²) in [5.41, 5.74) is 0. The first-order chi connectivity index (χ1) is 9.30. The maximum absolute atomic E-state index is 3.78. The average molecular weight is 266 g/mol. The van der Waals surface area contributed by atoms with Crippen LogP contribution in [-0.4, -0.2) is 36.1 Å². The molecule has 0 aromatic carbocycles. The standard InChI is InChI=1S/C17H34N2/c1-4-14-10-11-16(18-6-3)17(13-14)19-12-8-7-9-15(19)5-2/h14-18H,4-13H2,1-3H3. The Morgan fingerprint density at radius 1 is 1.00 bits per heavy atom. The molecule has 0 spiro atoms. The minimum atomic E-state index is 0.750. The molecular formula is C17H34N2. The summed E-state index contributed by atoms with van der Waals surface area (Å²) in [6, 6.07) is 2.42. The molecule has 2 aliphatic rings. The first-order valence-corrected chi connectivity index (χ1v) is 8.79. The summed E-state index contributed by atoms with van der Waals surface area (Å²) in [5, 5.41) is 3.78. The van der Waals surface area contributed by atoms with Gasteiger partial charge in [0.05, 0.1) is 0 Å². The minimum absolute atomic E-state index is 0.750. The molecule has 1 saturated heterocycles. The molecular weight excluding hydrogens is 232 g/mol. The summed E-state index contributed by atoms with van der Waals surface area (Å²) in [6.07, 6.45) is 11.3. The molecule has 1 saturated carbocycles. The van der Waals surface area contributed by atoms with Crippen molar-refractivity contribution >= 4 is 0 Å². The van der Waals surface area contributed by atoms with Crippen molar-refractivity contribution in [2.45, 2.75) is 90.3 Å². The third-order valence-corrected chi connectivity index (χ3v) is 5.54. The Morgan fingerprint density at radius 2 is 1.84 bits per heavy atom. The topological polar surface area (TPSA) is 15.3 Å². The fraction of sp³-hybridized carbons (Fsp3) is 1.00. The zero-order valence-electron chi connectivity index (χ0n) is 13.3. The molecule has 1 aliphatic carbocycles. The summed E-state index contributed by atoms with van der Waals surface area (Å²) in [7, 11) is 0. The molecule has 0 amide bonds. The highest BCUT2D eigenvalue weighted by Gasteiger charge is 2.36. The normalized spacial score (nSPS) is 37.4. The second-order valence-corrected chi connectivity index (χ2v) is 6.61. The van der Waals surface area contributed by atoms with Crippen LogP contribution in [-0.2, 0) is 0 Å². The second kappa shape index (κ2) is 7.64. The fourth-order valence-electron chi connectivity index (χ4n) is 4.37. The average Bonchev–Trinajstić information content (AvgIpc) is 2.48. The zero-order valence-corrected chi connectivity index (χ0v) is 13.3. The zero-order chi connectivity index (χ0) is 13.7. The summed E-state index contributed by atoms with van der Waals surface area (Å²) < 4.78 is 0. The smallest absolute Gasteiger partial charge is 0.0254 e. The van der Waals surface area contributed by atoms with Gasteiger partial charge in [-0.25, -0.2) is 0 Å². The van der Waals surface area contributed by atoms with Crippen molar-refractivity contribution < 1.29 is 0 Å². The molecule has 0 radical (unpaired) electrons. The van der Waals surface area contributed by atoms with E-state index in [1.54, 1.807) is 0 Å². The Labute approximate surface area is 120 Å². The second-order valence-electron chi connectivity index (χ2n) is 6.61. The lowest BCUT2D eigenvalue weighted by Gasteiger charge is -2.48. The van der Waals surface area contributed by atoms with Crippen LogP contribution in [0.15, 0.2) is 0 Å². The van der Waals surface area contributed by atoms with Crippen molar-refractivity contribution in [3.63, 3.8) is 0 Å². The van der Waals surface area contributed by atoms with Crippen molar-refractivity contribution in [3.05, 3.63) is 0 Å². The van der Waals surface area contributed by atoms with Gasteiger partial charge in [-0.1, -0.05) is 33.6 Å². The molecule has 2 heteroatoms. The molecule has 112 valence electrons. The van der Waals surface area contributed by atoms with Gasteiger partial charge in [0.15, 0.2) is 0 Å². The lowest BCUT2D eigenvalue weighted by Crippen LogP contribution is -2.57. The van der Waals surface area contributed by atoms with Crippen LogP contribution in [0, 0.1) is 5.92 Å². The maximum atomic E-state index is 3.78. The molecule has 4 unspecified atom stereocenters. The molecule has 2 fully saturated rings. The third kappa shape index (κ3) is 3.72. The number of hydrogen-bond donors (Lipinski definition) is 1. The van der Waals surface area contributed by atoms with E-state index in [9.17, 15) is 0 Å². The van der Waals surface area contributed by atoms with Crippen LogP contribution < -0.4 is 5.32 Å². The van der Waals surface area contributed by atoms with E-state index >= 15 is 0 Å². The predicted octanol–water partition coefficient (Wildman–Crippen LogP) is 3.81. The van der Waals surface area contributed by atoms with Gasteiger partial charge in [-0.15, -0.1) is 0 Å². The Balaban J connectivity index is 2.05. The number of hydrogen-bond acceptors (Lipinski definition) is 2. The van der Waals surface area contributed by atoms with E-state index in [-0.39, 0.29) is 0 Å². The summed E-state index contributed by atoms with van der Waals surface area (Å²) in [4.78, 5) is 2.89. The SMILES string of the molecule is CCNC1CCC(CC)CC1N1CCCCC1CC. The number of nitrogens with zero attached hydrogens (tertiary/aromatic N) is 1. The highest BCUT2D eigenvalue weighted by atomic mass is 15.2. The molecule has 1 N–H and O–H groups in total. The van der Waals surface area contributed by atoms with Crippen LogP contribution >= 0.6 is 0 Å². The van der Waals surface area contributed by atoms with E-state index in [2.05, 4.69) is 31.0 Å². The number of nitrogens with one attached hydrogen (secondary N) is 1. The van der Waals surface area contributed by atoms with E-state index in [4.69, 9.17) is 0 Å². The lowest BCUT2D eigenvalue weighted by atomic mass is 9.79. The summed E-state index contributed by atoms with van der Waals surface area (Å²) in [5.74, 6) is 0.972. The lowest BCUT2D eigenvalue weighted by molar-refractivity contribution is 0.0352. The number of piperidine rings is 1. The Morgan fingerprint density at radius 3 is 2.53 bits per heavy atom. The first kappa shape index (κ1) is 15.3. The van der Waals surface area contributed by atoms with Crippen LogP contribution in [0.25, 0.3) is 0 Å². The largest absolute Gasteiger partial charge is 0.313 e. The minimum Gasteiger partial charge on any atom is -0.313 e. The van der Waals surface area contributed by atoms with E-state index < -0.39 is 0 Å². The number of rotatable bonds is 5. The molecule has 0 bridgehead atoms. The highest BCUT2D eigenvalue weighted by molar-refractivity contribution is 4.94. The van der Waals surface area contributed by atoms with Crippen molar-refractivity contribution in [1.29, 1.82) is 0 Å². The Kier molecular flexibility index (Phi) is 6.15. The molecule has 0 aromatic rings. The Hall–Kier alpha value is -0.0800. The van der Waals surface area contributed by atoms with E-state index in [0.717, 1.165) is 30.6 Å². The molecule has 1 aliphatic heterocycles. The Bertz CT molecular complexity index is 254. The monoisotopic (exact) mass is 266 g/mol. The molecule has 1 heterocycles. The van der Waals surface area contributed by atoms with Crippen LogP contribution in [0.3, 0.4) is 0 Å². The number of likely N-dealkylation sites (N-methyl/N-ethyl adjacent to an activating group) is 1. The number of likely N-dealkylation sites (tertiary alicyclic amines) is 1. The summed E-state index contributed by atoms with van der Waals surface area (Å²) >= 11 is 0. The van der Waals surface area contributed by atoms with Gasteiger partial charge in [0.25, 0.3) is 0 Å². The van der Waals surface area contributed by atoms with Gasteiger partial charge < -0.3 is 5.32 Å². The van der Waals surface area contributed by atoms with Gasteiger partial charge in [-0.2, -0.15) is 0 Å². The van der Waals surface area contributed by atoms with Gasteiger partial charge in [0.1, 0.15) is 0 Å². The molecule has 2 nitrogen and oxygen atoms in total. The van der Waals surface area contributed by atoms with Gasteiger partial charge >= 0.3 is 0 Å². The quantitative estimate of drug-likeness (QED) is 0.814. The van der Waals surface area contributed by atoms with Crippen LogP contribution in [0.2, 0.25) is 0 Å². The third-order valence-electron chi connectivity index (χ3n) is 5.54. The predicted molar refractivity (Wildman–Crippen MR) is 83.5 cm³/mol. The van der Waals surface area contributed by atoms with Crippen molar-refractivity contribution in [2.24, 2.45) is 5.92 Å². The van der Waals surface area contributed by atoms with E-state index in [0.29, 0.717) is 0 Å². The summed E-state index contributed by atoms with van der Waals surface area (Å²) in [6.45, 7) is 9.49. The van der Waals surface area contributed by atoms with Crippen LogP contribution in [0.5, 0.6) is 0 Å². The first-order valence-electron chi connectivity index (χ1n) is 8.79. The van der Waals surface area contributed by atoms with Gasteiger partial charge in [-0.05, 0) is 57.5 Å². The fourth-order valence-corrected chi connectivity index (χ4v) is 4.37. The van der Waals surface area contributed by atoms with Crippen LogP contribution in [0.1, 0.15) is 72.1 Å². The molecule has 4 atom stereocenters. The van der Waals surface area contributed by atoms with Crippen molar-refractivity contribution in [3.8, 4) is 0 Å². The van der Waals surface area contributed by atoms with Crippen molar-refractivity contribution in [1.82, 2.24) is 10.2 Å². The highest BCUT2D eigenvalue weighted by Crippen LogP contribution is 2.34.